The van der Waals surface area contributed by atoms with E-state index in [-0.39, 0.29) is 17.3 Å². The zero-order valence-electron chi connectivity index (χ0n) is 18.1. The van der Waals surface area contributed by atoms with Crippen LogP contribution in [0.1, 0.15) is 61.3 Å². The van der Waals surface area contributed by atoms with Crippen LogP contribution in [0.2, 0.25) is 5.15 Å². The Bertz CT molecular complexity index is 1070. The molecule has 4 nitrogen and oxygen atoms in total. The first kappa shape index (κ1) is 20.9. The summed E-state index contributed by atoms with van der Waals surface area (Å²) in [5.41, 5.74) is 4.46. The number of nitrogens with one attached hydrogen (secondary N) is 1. The third-order valence-electron chi connectivity index (χ3n) is 7.18. The van der Waals surface area contributed by atoms with Gasteiger partial charge in [-0.1, -0.05) is 29.8 Å². The number of fused-ring (bicyclic) bond motifs is 1. The smallest absolute Gasteiger partial charge is 0.158 e. The molecule has 2 aliphatic rings. The summed E-state index contributed by atoms with van der Waals surface area (Å²) >= 11 is 6.36. The van der Waals surface area contributed by atoms with E-state index >= 15 is 0 Å². The first-order chi connectivity index (χ1) is 14.9. The van der Waals surface area contributed by atoms with Crippen LogP contribution in [0.25, 0.3) is 10.9 Å². The number of hydrogen-bond acceptors (Lipinski definition) is 3. The quantitative estimate of drug-likeness (QED) is 0.512. The molecule has 3 aromatic rings. The average molecular weight is 442 g/mol. The van der Waals surface area contributed by atoms with Gasteiger partial charge in [-0.05, 0) is 88.0 Å². The molecule has 164 valence electrons. The van der Waals surface area contributed by atoms with E-state index in [9.17, 15) is 4.39 Å². The molecule has 5 rings (SSSR count). The minimum absolute atomic E-state index is 0.102. The van der Waals surface area contributed by atoms with Crippen molar-refractivity contribution in [3.8, 4) is 0 Å². The maximum absolute atomic E-state index is 13.6. The van der Waals surface area contributed by atoms with Crippen LogP contribution >= 0.6 is 11.6 Å². The molecular formula is C25H29ClFN3O. The Labute approximate surface area is 187 Å². The largest absolute Gasteiger partial charge is 0.373 e. The number of ether oxygens (including phenoxy) is 1. The number of nitrogens with zero attached hydrogens (tertiary/aromatic N) is 2. The second kappa shape index (κ2) is 8.19. The van der Waals surface area contributed by atoms with Gasteiger partial charge in [0.2, 0.25) is 0 Å². The fourth-order valence-electron chi connectivity index (χ4n) is 4.85. The average Bonchev–Trinajstić information content (AvgIpc) is 3.57. The molecule has 1 unspecified atom stereocenters. The fourth-order valence-corrected chi connectivity index (χ4v) is 5.05. The summed E-state index contributed by atoms with van der Waals surface area (Å²) in [4.78, 5) is 2.35. The van der Waals surface area contributed by atoms with Gasteiger partial charge < -0.3 is 9.64 Å². The van der Waals surface area contributed by atoms with Gasteiger partial charge in [0.1, 0.15) is 5.82 Å². The number of piperidine rings is 1. The van der Waals surface area contributed by atoms with Crippen LogP contribution in [-0.4, -0.2) is 41.8 Å². The highest BCUT2D eigenvalue weighted by Crippen LogP contribution is 2.44. The molecule has 1 aliphatic carbocycles. The molecular weight excluding hydrogens is 413 g/mol. The van der Waals surface area contributed by atoms with Crippen molar-refractivity contribution in [2.24, 2.45) is 0 Å². The van der Waals surface area contributed by atoms with Crippen molar-refractivity contribution in [2.75, 3.05) is 26.7 Å². The number of H-pyrrole nitrogens is 1. The van der Waals surface area contributed by atoms with Crippen molar-refractivity contribution in [1.82, 2.24) is 15.1 Å². The molecule has 1 N–H and O–H groups in total. The Balaban J connectivity index is 1.43. The second-order valence-electron chi connectivity index (χ2n) is 9.37. The zero-order chi connectivity index (χ0) is 21.6. The lowest BCUT2D eigenvalue weighted by atomic mass is 9.73. The Hall–Kier alpha value is -1.95. The standard InChI is InChI=1S/C25H29ClFN3O/c1-16(21-13-18(17-3-4-17)14-22-23(21)28-29-24(22)26)31-15-25(9-11-30(2)12-10-25)19-5-7-20(27)8-6-19/h5-8,13-14,16-17H,3-4,9-12,15H2,1-2H3,(H,28,29). The van der Waals surface area contributed by atoms with Crippen LogP contribution < -0.4 is 0 Å². The van der Waals surface area contributed by atoms with Gasteiger partial charge in [-0.25, -0.2) is 4.39 Å². The third kappa shape index (κ3) is 4.11. The number of aromatic nitrogens is 2. The Morgan fingerprint density at radius 1 is 1.23 bits per heavy atom. The highest BCUT2D eigenvalue weighted by Gasteiger charge is 2.36. The Morgan fingerprint density at radius 2 is 1.94 bits per heavy atom. The molecule has 1 aromatic heterocycles. The van der Waals surface area contributed by atoms with Crippen molar-refractivity contribution < 1.29 is 9.13 Å². The van der Waals surface area contributed by atoms with Crippen LogP contribution in [-0.2, 0) is 10.2 Å². The fraction of sp³-hybridized carbons (Fsp3) is 0.480. The van der Waals surface area contributed by atoms with Gasteiger partial charge in [-0.3, -0.25) is 5.10 Å². The molecule has 0 bridgehead atoms. The number of benzene rings is 2. The van der Waals surface area contributed by atoms with E-state index in [0.717, 1.165) is 48.0 Å². The Kier molecular flexibility index (Phi) is 5.53. The van der Waals surface area contributed by atoms with Crippen LogP contribution in [0, 0.1) is 5.82 Å². The summed E-state index contributed by atoms with van der Waals surface area (Å²) < 4.78 is 20.1. The van der Waals surface area contributed by atoms with E-state index in [4.69, 9.17) is 16.3 Å². The van der Waals surface area contributed by atoms with Gasteiger partial charge in [0.05, 0.1) is 18.2 Å². The lowest BCUT2D eigenvalue weighted by Crippen LogP contribution is -2.44. The van der Waals surface area contributed by atoms with E-state index in [1.54, 1.807) is 12.1 Å². The second-order valence-corrected chi connectivity index (χ2v) is 9.72. The molecule has 1 aliphatic heterocycles. The summed E-state index contributed by atoms with van der Waals surface area (Å²) in [6, 6.07) is 11.4. The molecule has 1 atom stereocenters. The maximum Gasteiger partial charge on any atom is 0.158 e. The van der Waals surface area contributed by atoms with Crippen molar-refractivity contribution in [3.63, 3.8) is 0 Å². The molecule has 0 radical (unpaired) electrons. The maximum atomic E-state index is 13.6. The third-order valence-corrected chi connectivity index (χ3v) is 7.46. The molecule has 0 amide bonds. The summed E-state index contributed by atoms with van der Waals surface area (Å²) in [6.45, 7) is 4.72. The molecule has 6 heteroatoms. The van der Waals surface area contributed by atoms with Gasteiger partial charge in [0, 0.05) is 16.4 Å². The topological polar surface area (TPSA) is 41.1 Å². The molecule has 1 saturated heterocycles. The van der Waals surface area contributed by atoms with Crippen molar-refractivity contribution in [1.29, 1.82) is 0 Å². The highest BCUT2D eigenvalue weighted by molar-refractivity contribution is 6.34. The van der Waals surface area contributed by atoms with Gasteiger partial charge >= 0.3 is 0 Å². The van der Waals surface area contributed by atoms with Crippen LogP contribution in [0.15, 0.2) is 36.4 Å². The van der Waals surface area contributed by atoms with Crippen LogP contribution in [0.3, 0.4) is 0 Å². The molecule has 0 spiro atoms. The Morgan fingerprint density at radius 3 is 2.61 bits per heavy atom. The summed E-state index contributed by atoms with van der Waals surface area (Å²) in [5, 5.41) is 8.83. The van der Waals surface area contributed by atoms with Crippen molar-refractivity contribution in [3.05, 3.63) is 64.1 Å². The van der Waals surface area contributed by atoms with E-state index in [0.29, 0.717) is 17.7 Å². The van der Waals surface area contributed by atoms with Crippen molar-refractivity contribution >= 4 is 22.5 Å². The molecule has 2 heterocycles. The minimum atomic E-state index is -0.198. The normalized spacial score (nSPS) is 20.3. The monoisotopic (exact) mass is 441 g/mol. The SMILES string of the molecule is CC(OCC1(c2ccc(F)cc2)CCN(C)CC1)c1cc(C2CC2)cc2c(Cl)n[nH]c12. The van der Waals surface area contributed by atoms with Crippen LogP contribution in [0.4, 0.5) is 4.39 Å². The van der Waals surface area contributed by atoms with Gasteiger partial charge in [-0.2, -0.15) is 5.10 Å². The lowest BCUT2D eigenvalue weighted by molar-refractivity contribution is 0.00694. The number of hydrogen-bond donors (Lipinski definition) is 1. The number of halogens is 2. The van der Waals surface area contributed by atoms with Crippen LogP contribution in [0.5, 0.6) is 0 Å². The van der Waals surface area contributed by atoms with E-state index in [1.807, 2.05) is 12.1 Å². The summed E-state index contributed by atoms with van der Waals surface area (Å²) in [5.74, 6) is 0.428. The number of aromatic amines is 1. The zero-order valence-corrected chi connectivity index (χ0v) is 18.9. The number of rotatable bonds is 6. The van der Waals surface area contributed by atoms with E-state index in [1.165, 1.54) is 18.4 Å². The van der Waals surface area contributed by atoms with E-state index < -0.39 is 0 Å². The van der Waals surface area contributed by atoms with E-state index in [2.05, 4.69) is 41.2 Å². The first-order valence-corrected chi connectivity index (χ1v) is 11.6. The van der Waals surface area contributed by atoms with Gasteiger partial charge in [-0.15, -0.1) is 0 Å². The number of likely N-dealkylation sites (tertiary alicyclic amines) is 1. The van der Waals surface area contributed by atoms with Crippen molar-refractivity contribution in [2.45, 2.75) is 50.0 Å². The summed E-state index contributed by atoms with van der Waals surface area (Å²) in [7, 11) is 2.15. The first-order valence-electron chi connectivity index (χ1n) is 11.2. The molecule has 2 aromatic carbocycles. The predicted molar refractivity (Wildman–Crippen MR) is 122 cm³/mol. The molecule has 31 heavy (non-hydrogen) atoms. The molecule has 2 fully saturated rings. The lowest BCUT2D eigenvalue weighted by Gasteiger charge is -2.41. The highest BCUT2D eigenvalue weighted by atomic mass is 35.5. The molecule has 1 saturated carbocycles. The summed E-state index contributed by atoms with van der Waals surface area (Å²) in [6.07, 6.45) is 4.35. The predicted octanol–water partition coefficient (Wildman–Crippen LogP) is 5.97. The minimum Gasteiger partial charge on any atom is -0.373 e. The van der Waals surface area contributed by atoms with Gasteiger partial charge in [0.25, 0.3) is 0 Å². The van der Waals surface area contributed by atoms with Gasteiger partial charge in [0.15, 0.2) is 5.15 Å².